The summed E-state index contributed by atoms with van der Waals surface area (Å²) in [6, 6.07) is 11.9. The van der Waals surface area contributed by atoms with E-state index in [0.29, 0.717) is 17.7 Å². The summed E-state index contributed by atoms with van der Waals surface area (Å²) < 4.78 is 10.8. The van der Waals surface area contributed by atoms with E-state index in [4.69, 9.17) is 14.5 Å². The van der Waals surface area contributed by atoms with E-state index in [1.54, 1.807) is 0 Å². The predicted molar refractivity (Wildman–Crippen MR) is 102 cm³/mol. The van der Waals surface area contributed by atoms with Crippen LogP contribution in [0.4, 0.5) is 0 Å². The lowest BCUT2D eigenvalue weighted by Gasteiger charge is -2.44. The van der Waals surface area contributed by atoms with Gasteiger partial charge in [-0.2, -0.15) is 0 Å². The van der Waals surface area contributed by atoms with Crippen LogP contribution in [0.5, 0.6) is 11.5 Å². The Morgan fingerprint density at radius 2 is 1.85 bits per heavy atom. The highest BCUT2D eigenvalue weighted by Gasteiger charge is 2.36. The van der Waals surface area contributed by atoms with Crippen LogP contribution in [0.3, 0.4) is 0 Å². The molecule has 0 bridgehead atoms. The molecule has 2 atom stereocenters. The molecule has 140 valence electrons. The average Bonchev–Trinajstić information content (AvgIpc) is 3.21. The van der Waals surface area contributed by atoms with Crippen molar-refractivity contribution < 1.29 is 14.3 Å². The third kappa shape index (κ3) is 3.05. The fourth-order valence-electron chi connectivity index (χ4n) is 4.79. The number of piperidine rings is 1. The van der Waals surface area contributed by atoms with Crippen molar-refractivity contribution >= 4 is 5.91 Å². The zero-order valence-corrected chi connectivity index (χ0v) is 15.4. The largest absolute Gasteiger partial charge is 0.454 e. The predicted octanol–water partition coefficient (Wildman–Crippen LogP) is 4.27. The van der Waals surface area contributed by atoms with Gasteiger partial charge >= 0.3 is 0 Å². The Hall–Kier alpha value is -2.56. The average molecular weight is 364 g/mol. The van der Waals surface area contributed by atoms with Crippen molar-refractivity contribution in [2.24, 2.45) is 5.92 Å². The second-order valence-corrected chi connectivity index (χ2v) is 7.73. The van der Waals surface area contributed by atoms with Gasteiger partial charge in [0.15, 0.2) is 11.5 Å². The number of fused-ring (bicyclic) bond motifs is 2. The van der Waals surface area contributed by atoms with Gasteiger partial charge in [0.1, 0.15) is 5.69 Å². The van der Waals surface area contributed by atoms with E-state index in [1.807, 2.05) is 36.4 Å². The van der Waals surface area contributed by atoms with Crippen LogP contribution in [0.2, 0.25) is 0 Å². The standard InChI is InChI=1S/C22H24N2O3/c25-22(24-12-4-6-15-5-1-2-9-19(15)24)18-8-3-7-17(23-18)16-10-11-20-21(13-16)27-14-26-20/h3,7-8,10-11,13,15,19H,1-2,4-6,9,12,14H2. The minimum absolute atomic E-state index is 0.0780. The van der Waals surface area contributed by atoms with Crippen LogP contribution in [-0.2, 0) is 0 Å². The summed E-state index contributed by atoms with van der Waals surface area (Å²) >= 11 is 0. The van der Waals surface area contributed by atoms with Crippen LogP contribution in [0.1, 0.15) is 49.0 Å². The van der Waals surface area contributed by atoms with Gasteiger partial charge in [-0.3, -0.25) is 4.79 Å². The van der Waals surface area contributed by atoms with Crippen molar-refractivity contribution in [1.82, 2.24) is 9.88 Å². The molecule has 0 spiro atoms. The van der Waals surface area contributed by atoms with Crippen LogP contribution in [-0.4, -0.2) is 35.2 Å². The first-order chi connectivity index (χ1) is 13.3. The van der Waals surface area contributed by atoms with Gasteiger partial charge in [0.25, 0.3) is 5.91 Å². The number of pyridine rings is 1. The van der Waals surface area contributed by atoms with E-state index >= 15 is 0 Å². The third-order valence-corrected chi connectivity index (χ3v) is 6.14. The summed E-state index contributed by atoms with van der Waals surface area (Å²) in [5.74, 6) is 2.23. The first-order valence-electron chi connectivity index (χ1n) is 9.98. The van der Waals surface area contributed by atoms with E-state index in [2.05, 4.69) is 4.90 Å². The summed E-state index contributed by atoms with van der Waals surface area (Å²) in [6.45, 7) is 1.11. The quantitative estimate of drug-likeness (QED) is 0.798. The topological polar surface area (TPSA) is 51.7 Å². The maximum Gasteiger partial charge on any atom is 0.272 e. The minimum atomic E-state index is 0.0780. The number of benzene rings is 1. The molecule has 5 heteroatoms. The summed E-state index contributed by atoms with van der Waals surface area (Å²) in [5.41, 5.74) is 2.26. The molecular formula is C22H24N2O3. The summed E-state index contributed by atoms with van der Waals surface area (Å²) in [6.07, 6.45) is 7.31. The van der Waals surface area contributed by atoms with Crippen LogP contribution in [0, 0.1) is 5.92 Å². The van der Waals surface area contributed by atoms with Gasteiger partial charge in [-0.1, -0.05) is 18.9 Å². The molecule has 2 unspecified atom stereocenters. The van der Waals surface area contributed by atoms with Gasteiger partial charge in [0.05, 0.1) is 5.69 Å². The molecule has 0 radical (unpaired) electrons. The molecule has 27 heavy (non-hydrogen) atoms. The molecule has 1 aliphatic carbocycles. The number of hydrogen-bond donors (Lipinski definition) is 0. The highest BCUT2D eigenvalue weighted by Crippen LogP contribution is 2.37. The van der Waals surface area contributed by atoms with Crippen molar-refractivity contribution in [2.45, 2.75) is 44.6 Å². The third-order valence-electron chi connectivity index (χ3n) is 6.14. The second kappa shape index (κ2) is 6.87. The Labute approximate surface area is 159 Å². The number of hydrogen-bond acceptors (Lipinski definition) is 4. The molecule has 1 aromatic carbocycles. The summed E-state index contributed by atoms with van der Waals surface area (Å²) in [4.78, 5) is 20.0. The van der Waals surface area contributed by atoms with Gasteiger partial charge in [0.2, 0.25) is 6.79 Å². The SMILES string of the molecule is O=C(c1cccc(-c2ccc3c(c2)OCO3)n1)N1CCCC2CCCCC21. The zero-order chi connectivity index (χ0) is 18.2. The molecule has 3 aliphatic rings. The number of aromatic nitrogens is 1. The minimum Gasteiger partial charge on any atom is -0.454 e. The molecule has 0 N–H and O–H groups in total. The van der Waals surface area contributed by atoms with Gasteiger partial charge < -0.3 is 14.4 Å². The molecule has 3 heterocycles. The Balaban J connectivity index is 1.42. The number of ether oxygens (including phenoxy) is 2. The highest BCUT2D eigenvalue weighted by molar-refractivity contribution is 5.93. The normalized spacial score (nSPS) is 23.8. The molecule has 2 aromatic rings. The van der Waals surface area contributed by atoms with Crippen molar-refractivity contribution in [3.8, 4) is 22.8 Å². The molecule has 1 aromatic heterocycles. The Bertz CT molecular complexity index is 864. The van der Waals surface area contributed by atoms with Gasteiger partial charge in [-0.05, 0) is 61.9 Å². The Morgan fingerprint density at radius 1 is 1.00 bits per heavy atom. The number of rotatable bonds is 2. The number of carbonyl (C=O) groups excluding carboxylic acids is 1. The highest BCUT2D eigenvalue weighted by atomic mass is 16.7. The van der Waals surface area contributed by atoms with Crippen molar-refractivity contribution in [3.05, 3.63) is 42.1 Å². The number of carbonyl (C=O) groups is 1. The number of nitrogens with zero attached hydrogens (tertiary/aromatic N) is 2. The first kappa shape index (κ1) is 16.6. The second-order valence-electron chi connectivity index (χ2n) is 7.73. The Kier molecular flexibility index (Phi) is 4.23. The molecule has 1 saturated carbocycles. The molecule has 2 fully saturated rings. The monoisotopic (exact) mass is 364 g/mol. The van der Waals surface area contributed by atoms with Crippen molar-refractivity contribution in [3.63, 3.8) is 0 Å². The molecule has 1 saturated heterocycles. The smallest absolute Gasteiger partial charge is 0.272 e. The van der Waals surface area contributed by atoms with Gasteiger partial charge in [0, 0.05) is 18.2 Å². The van der Waals surface area contributed by atoms with Crippen molar-refractivity contribution in [2.75, 3.05) is 13.3 Å². The lowest BCUT2D eigenvalue weighted by molar-refractivity contribution is 0.0385. The molecule has 1 amide bonds. The van der Waals surface area contributed by atoms with Crippen LogP contribution >= 0.6 is 0 Å². The number of likely N-dealkylation sites (tertiary alicyclic amines) is 1. The van der Waals surface area contributed by atoms with Gasteiger partial charge in [-0.25, -0.2) is 4.98 Å². The molecular weight excluding hydrogens is 340 g/mol. The van der Waals surface area contributed by atoms with Gasteiger partial charge in [-0.15, -0.1) is 0 Å². The Morgan fingerprint density at radius 3 is 2.81 bits per heavy atom. The zero-order valence-electron chi connectivity index (χ0n) is 15.4. The molecule has 5 nitrogen and oxygen atoms in total. The summed E-state index contributed by atoms with van der Waals surface area (Å²) in [7, 11) is 0. The maximum absolute atomic E-state index is 13.2. The van der Waals surface area contributed by atoms with E-state index in [9.17, 15) is 4.79 Å². The molecule has 5 rings (SSSR count). The summed E-state index contributed by atoms with van der Waals surface area (Å²) in [5, 5.41) is 0. The van der Waals surface area contributed by atoms with Crippen molar-refractivity contribution in [1.29, 1.82) is 0 Å². The lowest BCUT2D eigenvalue weighted by Crippen LogP contribution is -2.49. The first-order valence-corrected chi connectivity index (χ1v) is 9.98. The van der Waals surface area contributed by atoms with Crippen LogP contribution < -0.4 is 9.47 Å². The lowest BCUT2D eigenvalue weighted by atomic mass is 9.78. The fourth-order valence-corrected chi connectivity index (χ4v) is 4.79. The van der Waals surface area contributed by atoms with E-state index in [-0.39, 0.29) is 12.7 Å². The van der Waals surface area contributed by atoms with E-state index in [1.165, 1.54) is 25.7 Å². The van der Waals surface area contributed by atoms with E-state index in [0.717, 1.165) is 42.1 Å². The molecule has 2 aliphatic heterocycles. The van der Waals surface area contributed by atoms with Crippen LogP contribution in [0.25, 0.3) is 11.3 Å². The fraction of sp³-hybridized carbons (Fsp3) is 0.455. The van der Waals surface area contributed by atoms with E-state index < -0.39 is 0 Å². The van der Waals surface area contributed by atoms with Crippen LogP contribution in [0.15, 0.2) is 36.4 Å². The maximum atomic E-state index is 13.2. The number of amides is 1.